The summed E-state index contributed by atoms with van der Waals surface area (Å²) in [5.74, 6) is 1.28. The highest BCUT2D eigenvalue weighted by Crippen LogP contribution is 2.46. The van der Waals surface area contributed by atoms with Crippen LogP contribution in [0.25, 0.3) is 11.1 Å². The largest absolute Gasteiger partial charge is 0.507 e. The van der Waals surface area contributed by atoms with Crippen molar-refractivity contribution in [1.29, 1.82) is 0 Å². The summed E-state index contributed by atoms with van der Waals surface area (Å²) in [4.78, 5) is 0. The van der Waals surface area contributed by atoms with E-state index in [9.17, 15) is 5.11 Å². The van der Waals surface area contributed by atoms with Gasteiger partial charge in [-0.2, -0.15) is 0 Å². The molecule has 1 aromatic carbocycles. The van der Waals surface area contributed by atoms with Crippen molar-refractivity contribution in [2.24, 2.45) is 0 Å². The minimum absolute atomic E-state index is 0.143. The number of hydrogen-bond donors (Lipinski definition) is 1. The smallest absolute Gasteiger partial charge is 0.123 e. The quantitative estimate of drug-likeness (QED) is 0.240. The molecule has 0 saturated heterocycles. The second-order valence-electron chi connectivity index (χ2n) is 8.14. The lowest BCUT2D eigenvalue weighted by molar-refractivity contribution is 0.423. The number of phenolic OH excluding ortho intramolecular Hbond substituents is 1. The minimum Gasteiger partial charge on any atom is -0.507 e. The molecule has 136 valence electrons. The van der Waals surface area contributed by atoms with Crippen molar-refractivity contribution in [3.63, 3.8) is 0 Å². The van der Waals surface area contributed by atoms with Gasteiger partial charge in [0.2, 0.25) is 0 Å². The second-order valence-corrected chi connectivity index (χ2v) is 12.2. The van der Waals surface area contributed by atoms with Gasteiger partial charge in [0.05, 0.1) is 4.21 Å². The molecule has 0 aliphatic heterocycles. The van der Waals surface area contributed by atoms with Crippen molar-refractivity contribution in [1.82, 2.24) is 0 Å². The number of thioether (sulfide) groups is 1. The van der Waals surface area contributed by atoms with Gasteiger partial charge < -0.3 is 5.11 Å². The average Bonchev–Trinajstić information content (AvgIpc) is 2.84. The molecule has 0 spiro atoms. The molecule has 0 aliphatic rings. The van der Waals surface area contributed by atoms with E-state index in [1.165, 1.54) is 4.21 Å². The van der Waals surface area contributed by atoms with Gasteiger partial charge in [0.15, 0.2) is 0 Å². The predicted molar refractivity (Wildman–Crippen MR) is 118 cm³/mol. The number of hydrogen-bond acceptors (Lipinski definition) is 5. The van der Waals surface area contributed by atoms with Crippen molar-refractivity contribution in [3.05, 3.63) is 39.7 Å². The molecular weight excluding hydrogens is 384 g/mol. The number of aromatic hydroxyl groups is 1. The fourth-order valence-electron chi connectivity index (χ4n) is 2.63. The lowest BCUT2D eigenvalue weighted by atomic mass is 9.78. The molecule has 1 nitrogen and oxygen atoms in total. The monoisotopic (exact) mass is 410 g/mol. The molecule has 25 heavy (non-hydrogen) atoms. The molecule has 2 rings (SSSR count). The molecule has 0 bridgehead atoms. The molecule has 0 amide bonds. The molecule has 5 heteroatoms. The van der Waals surface area contributed by atoms with Crippen LogP contribution in [0.1, 0.15) is 52.7 Å². The normalized spacial score (nSPS) is 12.4. The Morgan fingerprint density at radius 1 is 1.08 bits per heavy atom. The van der Waals surface area contributed by atoms with Gasteiger partial charge in [0.25, 0.3) is 0 Å². The zero-order valence-corrected chi connectivity index (χ0v) is 19.0. The lowest BCUT2D eigenvalue weighted by Crippen LogP contribution is -2.17. The molecule has 0 radical (unpaired) electrons. The maximum atomic E-state index is 10.9. The van der Waals surface area contributed by atoms with Gasteiger partial charge in [0, 0.05) is 22.4 Å². The van der Waals surface area contributed by atoms with Crippen molar-refractivity contribution < 1.29 is 5.11 Å². The summed E-state index contributed by atoms with van der Waals surface area (Å²) in [5, 5.41) is 10.9. The van der Waals surface area contributed by atoms with E-state index in [-0.39, 0.29) is 10.8 Å². The van der Waals surface area contributed by atoms with Crippen LogP contribution in [0.5, 0.6) is 5.75 Å². The van der Waals surface area contributed by atoms with E-state index in [4.69, 9.17) is 12.2 Å². The Bertz CT molecular complexity index is 794. The van der Waals surface area contributed by atoms with Crippen LogP contribution in [0, 0.1) is 3.82 Å². The van der Waals surface area contributed by atoms with Crippen LogP contribution in [0.15, 0.2) is 29.0 Å². The first-order valence-corrected chi connectivity index (χ1v) is 11.8. The van der Waals surface area contributed by atoms with Crippen molar-refractivity contribution >= 4 is 44.7 Å². The highest BCUT2D eigenvalue weighted by atomic mass is 32.9. The number of rotatable bonds is 4. The standard InChI is InChI=1S/C20H26OS4/c1-8-9-23-18-15(17(22)24-25-18)12-10-13(19(2,3)4)16(21)14(11-12)20(5,6)7/h8,10-11,21H,1,9H2,2-7H3. The zero-order chi connectivity index (χ0) is 19.0. The predicted octanol–water partition coefficient (Wildman–Crippen LogP) is 7.78. The van der Waals surface area contributed by atoms with E-state index >= 15 is 0 Å². The first-order valence-electron chi connectivity index (χ1n) is 8.22. The van der Waals surface area contributed by atoms with Crippen LogP contribution in [-0.2, 0) is 10.8 Å². The molecule has 0 fully saturated rings. The molecule has 0 atom stereocenters. The van der Waals surface area contributed by atoms with E-state index in [2.05, 4.69) is 60.3 Å². The summed E-state index contributed by atoms with van der Waals surface area (Å²) in [6, 6.07) is 4.24. The topological polar surface area (TPSA) is 20.2 Å². The van der Waals surface area contributed by atoms with Gasteiger partial charge in [-0.25, -0.2) is 0 Å². The Morgan fingerprint density at radius 3 is 2.04 bits per heavy atom. The molecule has 1 heterocycles. The maximum Gasteiger partial charge on any atom is 0.123 e. The van der Waals surface area contributed by atoms with E-state index in [0.29, 0.717) is 5.75 Å². The van der Waals surface area contributed by atoms with Crippen LogP contribution in [0.3, 0.4) is 0 Å². The molecule has 1 aromatic heterocycles. The number of benzene rings is 1. The Kier molecular flexibility index (Phi) is 6.25. The summed E-state index contributed by atoms with van der Waals surface area (Å²) in [5.41, 5.74) is 3.90. The maximum absolute atomic E-state index is 10.9. The van der Waals surface area contributed by atoms with E-state index < -0.39 is 0 Å². The van der Waals surface area contributed by atoms with Crippen molar-refractivity contribution in [2.75, 3.05) is 5.75 Å². The summed E-state index contributed by atoms with van der Waals surface area (Å²) in [7, 11) is 3.38. The van der Waals surface area contributed by atoms with Gasteiger partial charge in [-0.3, -0.25) is 0 Å². The first kappa shape index (κ1) is 20.7. The average molecular weight is 411 g/mol. The second kappa shape index (κ2) is 7.55. The van der Waals surface area contributed by atoms with Crippen LogP contribution >= 0.6 is 44.7 Å². The summed E-state index contributed by atoms with van der Waals surface area (Å²) >= 11 is 7.41. The van der Waals surface area contributed by atoms with Crippen molar-refractivity contribution in [3.8, 4) is 16.9 Å². The van der Waals surface area contributed by atoms with Crippen LogP contribution in [-0.4, -0.2) is 10.9 Å². The number of phenols is 1. The summed E-state index contributed by atoms with van der Waals surface area (Å²) in [6.07, 6.45) is 1.92. The lowest BCUT2D eigenvalue weighted by Gasteiger charge is -2.28. The molecule has 0 aliphatic carbocycles. The summed E-state index contributed by atoms with van der Waals surface area (Å²) in [6.45, 7) is 16.6. The highest BCUT2D eigenvalue weighted by Gasteiger charge is 2.27. The minimum atomic E-state index is -0.143. The SMILES string of the molecule is C=CCSc1ssc(=S)c1-c1cc(C(C)(C)C)c(O)c(C(C)(C)C)c1. The molecule has 1 N–H and O–H groups in total. The Balaban J connectivity index is 2.77. The molecular formula is C20H26OS4. The summed E-state index contributed by atoms with van der Waals surface area (Å²) < 4.78 is 2.15. The first-order chi connectivity index (χ1) is 11.5. The third-order valence-electron chi connectivity index (χ3n) is 3.95. The van der Waals surface area contributed by atoms with Crippen molar-refractivity contribution in [2.45, 2.75) is 56.6 Å². The van der Waals surface area contributed by atoms with Crippen LogP contribution < -0.4 is 0 Å². The van der Waals surface area contributed by atoms with E-state index in [0.717, 1.165) is 31.8 Å². The fraction of sp³-hybridized carbons (Fsp3) is 0.450. The Labute approximate surface area is 168 Å². The third kappa shape index (κ3) is 4.57. The third-order valence-corrected chi connectivity index (χ3v) is 8.55. The zero-order valence-electron chi connectivity index (χ0n) is 15.7. The van der Waals surface area contributed by atoms with E-state index in [1.54, 1.807) is 32.4 Å². The molecule has 0 unspecified atom stereocenters. The van der Waals surface area contributed by atoms with Gasteiger partial charge in [-0.15, -0.1) is 18.3 Å². The van der Waals surface area contributed by atoms with Gasteiger partial charge in [0.1, 0.15) is 9.57 Å². The highest BCUT2D eigenvalue weighted by molar-refractivity contribution is 8.03. The molecule has 0 saturated carbocycles. The Hall–Kier alpha value is -0.620. The van der Waals surface area contributed by atoms with E-state index in [1.807, 2.05) is 6.08 Å². The fourth-order valence-corrected chi connectivity index (χ4v) is 6.90. The van der Waals surface area contributed by atoms with Crippen LogP contribution in [0.4, 0.5) is 0 Å². The van der Waals surface area contributed by atoms with Gasteiger partial charge >= 0.3 is 0 Å². The van der Waals surface area contributed by atoms with Gasteiger partial charge in [-0.1, -0.05) is 80.5 Å². The van der Waals surface area contributed by atoms with Gasteiger partial charge in [-0.05, 0) is 28.5 Å². The van der Waals surface area contributed by atoms with Crippen LogP contribution in [0.2, 0.25) is 0 Å². The molecule has 2 aromatic rings. The Morgan fingerprint density at radius 2 is 1.60 bits per heavy atom.